The number of thioether (sulfide) groups is 1. The number of nitrogens with zero attached hydrogens (tertiary/aromatic N) is 1. The minimum Gasteiger partial charge on any atom is -0.454 e. The van der Waals surface area contributed by atoms with Gasteiger partial charge in [-0.15, -0.1) is 11.8 Å². The summed E-state index contributed by atoms with van der Waals surface area (Å²) in [6.07, 6.45) is 0.253. The molecule has 0 bridgehead atoms. The zero-order chi connectivity index (χ0) is 22.9. The van der Waals surface area contributed by atoms with Gasteiger partial charge in [0.2, 0.25) is 18.6 Å². The van der Waals surface area contributed by atoms with Crippen LogP contribution in [0.2, 0.25) is 5.02 Å². The Morgan fingerprint density at radius 1 is 1.12 bits per heavy atom. The molecular weight excluding hydrogens is 460 g/mol. The molecule has 1 atom stereocenters. The van der Waals surface area contributed by atoms with Crippen LogP contribution in [0.4, 0.5) is 11.4 Å². The van der Waals surface area contributed by atoms with Crippen LogP contribution in [0, 0.1) is 6.92 Å². The molecule has 1 unspecified atom stereocenters. The van der Waals surface area contributed by atoms with Crippen LogP contribution in [-0.4, -0.2) is 25.2 Å². The standard InChI is InChI=1S/C25H21ClN2O4S/c1-15-6-8-17(11-18(15)26)27-24(29)13-28-19-4-2-3-5-22(19)33-23(12-25(28)30)16-7-9-20-21(10-16)32-14-31-20/h2-11,23H,12-14H2,1H3,(H,27,29). The minimum atomic E-state index is -0.287. The fourth-order valence-corrected chi connectivity index (χ4v) is 5.32. The number of carbonyl (C=O) groups excluding carboxylic acids is 2. The molecule has 5 rings (SSSR count). The maximum absolute atomic E-state index is 13.3. The monoisotopic (exact) mass is 480 g/mol. The molecule has 3 aromatic rings. The number of hydrogen-bond donors (Lipinski definition) is 1. The number of benzene rings is 3. The topological polar surface area (TPSA) is 67.9 Å². The van der Waals surface area contributed by atoms with E-state index < -0.39 is 0 Å². The number of aryl methyl sites for hydroxylation is 1. The third-order valence-corrected chi connectivity index (χ3v) is 7.34. The largest absolute Gasteiger partial charge is 0.454 e. The van der Waals surface area contributed by atoms with Gasteiger partial charge in [0.25, 0.3) is 0 Å². The average Bonchev–Trinajstić information content (AvgIpc) is 3.22. The second-order valence-corrected chi connectivity index (χ2v) is 9.53. The number of para-hydroxylation sites is 1. The first-order valence-electron chi connectivity index (χ1n) is 10.5. The molecule has 0 radical (unpaired) electrons. The van der Waals surface area contributed by atoms with Gasteiger partial charge in [-0.1, -0.05) is 35.9 Å². The number of fused-ring (bicyclic) bond motifs is 2. The summed E-state index contributed by atoms with van der Waals surface area (Å²) in [6, 6.07) is 18.8. The Balaban J connectivity index is 1.39. The van der Waals surface area contributed by atoms with E-state index in [2.05, 4.69) is 5.32 Å². The molecule has 0 fully saturated rings. The Morgan fingerprint density at radius 2 is 1.94 bits per heavy atom. The van der Waals surface area contributed by atoms with Crippen molar-refractivity contribution in [2.45, 2.75) is 23.5 Å². The van der Waals surface area contributed by atoms with E-state index in [1.54, 1.807) is 28.8 Å². The third-order valence-electron chi connectivity index (χ3n) is 5.61. The van der Waals surface area contributed by atoms with E-state index >= 15 is 0 Å². The molecule has 6 nitrogen and oxygen atoms in total. The highest BCUT2D eigenvalue weighted by atomic mass is 35.5. The van der Waals surface area contributed by atoms with E-state index in [0.29, 0.717) is 22.2 Å². The summed E-state index contributed by atoms with van der Waals surface area (Å²) < 4.78 is 10.9. The molecule has 8 heteroatoms. The summed E-state index contributed by atoms with van der Waals surface area (Å²) in [6.45, 7) is 2.01. The van der Waals surface area contributed by atoms with Gasteiger partial charge in [-0.2, -0.15) is 0 Å². The highest BCUT2D eigenvalue weighted by molar-refractivity contribution is 7.99. The second kappa shape index (κ2) is 9.00. The van der Waals surface area contributed by atoms with Crippen molar-refractivity contribution in [1.82, 2.24) is 0 Å². The molecule has 168 valence electrons. The second-order valence-electron chi connectivity index (χ2n) is 7.88. The summed E-state index contributed by atoms with van der Waals surface area (Å²) in [5, 5.41) is 3.31. The Labute approximate surface area is 200 Å². The Morgan fingerprint density at radius 3 is 2.79 bits per heavy atom. The first-order valence-corrected chi connectivity index (χ1v) is 11.8. The van der Waals surface area contributed by atoms with Crippen molar-refractivity contribution in [3.63, 3.8) is 0 Å². The quantitative estimate of drug-likeness (QED) is 0.527. The van der Waals surface area contributed by atoms with Gasteiger partial charge in [0, 0.05) is 27.3 Å². The number of hydrogen-bond acceptors (Lipinski definition) is 5. The van der Waals surface area contributed by atoms with Gasteiger partial charge in [-0.3, -0.25) is 9.59 Å². The Kier molecular flexibility index (Phi) is 5.91. The van der Waals surface area contributed by atoms with Crippen LogP contribution in [0.15, 0.2) is 65.6 Å². The van der Waals surface area contributed by atoms with Crippen LogP contribution in [-0.2, 0) is 9.59 Å². The van der Waals surface area contributed by atoms with Crippen molar-refractivity contribution in [3.8, 4) is 11.5 Å². The van der Waals surface area contributed by atoms with Crippen molar-refractivity contribution in [3.05, 3.63) is 76.8 Å². The summed E-state index contributed by atoms with van der Waals surface area (Å²) in [5.74, 6) is 0.987. The van der Waals surface area contributed by atoms with E-state index in [0.717, 1.165) is 21.7 Å². The summed E-state index contributed by atoms with van der Waals surface area (Å²) in [7, 11) is 0. The summed E-state index contributed by atoms with van der Waals surface area (Å²) in [4.78, 5) is 28.7. The normalized spacial score (nSPS) is 16.8. The van der Waals surface area contributed by atoms with Gasteiger partial charge in [-0.05, 0) is 54.4 Å². The van der Waals surface area contributed by atoms with Crippen LogP contribution in [0.5, 0.6) is 11.5 Å². The highest BCUT2D eigenvalue weighted by Gasteiger charge is 2.31. The number of carbonyl (C=O) groups is 2. The lowest BCUT2D eigenvalue weighted by Crippen LogP contribution is -2.38. The zero-order valence-electron chi connectivity index (χ0n) is 17.8. The lowest BCUT2D eigenvalue weighted by atomic mass is 10.1. The molecule has 0 aromatic heterocycles. The maximum atomic E-state index is 13.3. The van der Waals surface area contributed by atoms with Crippen LogP contribution in [0.3, 0.4) is 0 Å². The van der Waals surface area contributed by atoms with Crippen molar-refractivity contribution >= 4 is 46.6 Å². The Hall–Kier alpha value is -3.16. The zero-order valence-corrected chi connectivity index (χ0v) is 19.4. The van der Waals surface area contributed by atoms with Crippen LogP contribution in [0.25, 0.3) is 0 Å². The fourth-order valence-electron chi connectivity index (χ4n) is 3.87. The number of halogens is 1. The smallest absolute Gasteiger partial charge is 0.244 e. The predicted octanol–water partition coefficient (Wildman–Crippen LogP) is 5.59. The Bertz CT molecular complexity index is 1250. The third kappa shape index (κ3) is 4.51. The maximum Gasteiger partial charge on any atom is 0.244 e. The molecule has 0 saturated carbocycles. The first-order chi connectivity index (χ1) is 16.0. The molecule has 0 spiro atoms. The van der Waals surface area contributed by atoms with Gasteiger partial charge >= 0.3 is 0 Å². The van der Waals surface area contributed by atoms with Crippen LogP contribution in [0.1, 0.15) is 22.8 Å². The number of anilines is 2. The van der Waals surface area contributed by atoms with Crippen LogP contribution < -0.4 is 19.7 Å². The number of ether oxygens (including phenoxy) is 2. The number of rotatable bonds is 4. The van der Waals surface area contributed by atoms with E-state index in [1.807, 2.05) is 55.5 Å². The molecule has 2 aliphatic rings. The van der Waals surface area contributed by atoms with Crippen molar-refractivity contribution in [1.29, 1.82) is 0 Å². The lowest BCUT2D eigenvalue weighted by molar-refractivity contribution is -0.121. The molecule has 2 heterocycles. The lowest BCUT2D eigenvalue weighted by Gasteiger charge is -2.22. The molecule has 33 heavy (non-hydrogen) atoms. The minimum absolute atomic E-state index is 0.0875. The van der Waals surface area contributed by atoms with Gasteiger partial charge in [0.15, 0.2) is 11.5 Å². The van der Waals surface area contributed by atoms with E-state index in [4.69, 9.17) is 21.1 Å². The summed E-state index contributed by atoms with van der Waals surface area (Å²) in [5.41, 5.74) is 3.23. The van der Waals surface area contributed by atoms with Gasteiger partial charge in [0.05, 0.1) is 5.69 Å². The van der Waals surface area contributed by atoms with Gasteiger partial charge in [0.1, 0.15) is 6.54 Å². The number of nitrogens with one attached hydrogen (secondary N) is 1. The highest BCUT2D eigenvalue weighted by Crippen LogP contribution is 2.47. The van der Waals surface area contributed by atoms with E-state index in [-0.39, 0.29) is 36.8 Å². The SMILES string of the molecule is Cc1ccc(NC(=O)CN2C(=O)CC(c3ccc4c(c3)OCO4)Sc3ccccc32)cc1Cl. The van der Waals surface area contributed by atoms with Crippen molar-refractivity contribution in [2.24, 2.45) is 0 Å². The number of amides is 2. The molecular formula is C25H21ClN2O4S. The summed E-state index contributed by atoms with van der Waals surface area (Å²) >= 11 is 7.79. The molecule has 0 aliphatic carbocycles. The van der Waals surface area contributed by atoms with Crippen LogP contribution >= 0.6 is 23.4 Å². The molecule has 2 amide bonds. The van der Waals surface area contributed by atoms with E-state index in [1.165, 1.54) is 0 Å². The molecule has 2 aliphatic heterocycles. The first kappa shape index (κ1) is 21.7. The fraction of sp³-hybridized carbons (Fsp3) is 0.200. The van der Waals surface area contributed by atoms with E-state index in [9.17, 15) is 9.59 Å². The van der Waals surface area contributed by atoms with Gasteiger partial charge in [-0.25, -0.2) is 0 Å². The molecule has 0 saturated heterocycles. The van der Waals surface area contributed by atoms with Crippen molar-refractivity contribution < 1.29 is 19.1 Å². The van der Waals surface area contributed by atoms with Crippen molar-refractivity contribution in [2.75, 3.05) is 23.6 Å². The van der Waals surface area contributed by atoms with Gasteiger partial charge < -0.3 is 19.7 Å². The molecule has 3 aromatic carbocycles. The molecule has 1 N–H and O–H groups in total. The predicted molar refractivity (Wildman–Crippen MR) is 129 cm³/mol. The average molecular weight is 481 g/mol.